The van der Waals surface area contributed by atoms with Crippen LogP contribution in [0.4, 0.5) is 0 Å². The first-order valence-electron chi connectivity index (χ1n) is 7.47. The van der Waals surface area contributed by atoms with Crippen LogP contribution in [0.25, 0.3) is 0 Å². The minimum Gasteiger partial charge on any atom is -0.324 e. The summed E-state index contributed by atoms with van der Waals surface area (Å²) in [6, 6.07) is 9.48. The quantitative estimate of drug-likeness (QED) is 0.829. The molecule has 2 aliphatic rings. The molecule has 0 heterocycles. The summed E-state index contributed by atoms with van der Waals surface area (Å²) in [4.78, 5) is 2.69. The van der Waals surface area contributed by atoms with Crippen LogP contribution >= 0.6 is 15.9 Å². The van der Waals surface area contributed by atoms with Gasteiger partial charge < -0.3 is 10.6 Å². The van der Waals surface area contributed by atoms with E-state index < -0.39 is 0 Å². The maximum absolute atomic E-state index is 6.32. The number of hydrogen-bond donors (Lipinski definition) is 1. The van der Waals surface area contributed by atoms with Crippen molar-refractivity contribution in [2.45, 2.75) is 44.2 Å². The number of nitrogens with zero attached hydrogens (tertiary/aromatic N) is 1. The summed E-state index contributed by atoms with van der Waals surface area (Å²) in [7, 11) is 0. The molecule has 1 unspecified atom stereocenters. The number of nitrogens with two attached hydrogens (primary N) is 1. The molecule has 0 aliphatic heterocycles. The van der Waals surface area contributed by atoms with Crippen molar-refractivity contribution < 1.29 is 0 Å². The molecule has 2 nitrogen and oxygen atoms in total. The average molecular weight is 323 g/mol. The summed E-state index contributed by atoms with van der Waals surface area (Å²) in [5, 5.41) is 0. The van der Waals surface area contributed by atoms with Crippen LogP contribution in [0.3, 0.4) is 0 Å². The molecule has 3 heteroatoms. The summed E-state index contributed by atoms with van der Waals surface area (Å²) >= 11 is 3.47. The molecule has 2 fully saturated rings. The van der Waals surface area contributed by atoms with Crippen molar-refractivity contribution in [3.63, 3.8) is 0 Å². The Labute approximate surface area is 124 Å². The summed E-state index contributed by atoms with van der Waals surface area (Å²) in [5.74, 6) is 0.990. The van der Waals surface area contributed by atoms with Crippen LogP contribution < -0.4 is 5.73 Å². The SMILES string of the molecule is NC(CCN(CC1CC1)C1CC1)c1ccc(Br)cc1. The van der Waals surface area contributed by atoms with E-state index in [1.807, 2.05) is 0 Å². The molecule has 0 aromatic heterocycles. The Morgan fingerprint density at radius 3 is 2.42 bits per heavy atom. The molecule has 3 rings (SSSR count). The number of halogens is 1. The highest BCUT2D eigenvalue weighted by Crippen LogP contribution is 2.35. The van der Waals surface area contributed by atoms with Crippen molar-refractivity contribution in [3.05, 3.63) is 34.3 Å². The second-order valence-electron chi connectivity index (χ2n) is 6.12. The van der Waals surface area contributed by atoms with Gasteiger partial charge >= 0.3 is 0 Å². The molecule has 0 radical (unpaired) electrons. The van der Waals surface area contributed by atoms with Crippen LogP contribution in [0.5, 0.6) is 0 Å². The van der Waals surface area contributed by atoms with Crippen molar-refractivity contribution in [3.8, 4) is 0 Å². The average Bonchev–Trinajstić information content (AvgIpc) is 3.27. The Hall–Kier alpha value is -0.380. The summed E-state index contributed by atoms with van der Waals surface area (Å²) < 4.78 is 1.12. The van der Waals surface area contributed by atoms with E-state index in [1.54, 1.807) is 0 Å². The van der Waals surface area contributed by atoms with Gasteiger partial charge in [0.15, 0.2) is 0 Å². The first-order chi connectivity index (χ1) is 9.22. The minimum absolute atomic E-state index is 0.175. The zero-order chi connectivity index (χ0) is 13.2. The van der Waals surface area contributed by atoms with Crippen LogP contribution in [0, 0.1) is 5.92 Å². The molecule has 19 heavy (non-hydrogen) atoms. The number of rotatable bonds is 7. The lowest BCUT2D eigenvalue weighted by molar-refractivity contribution is 0.243. The topological polar surface area (TPSA) is 29.3 Å². The third-order valence-electron chi connectivity index (χ3n) is 4.28. The molecule has 0 amide bonds. The highest BCUT2D eigenvalue weighted by molar-refractivity contribution is 9.10. The van der Waals surface area contributed by atoms with Gasteiger partial charge in [-0.25, -0.2) is 0 Å². The molecular weight excluding hydrogens is 300 g/mol. The van der Waals surface area contributed by atoms with Gasteiger partial charge in [0.05, 0.1) is 0 Å². The van der Waals surface area contributed by atoms with E-state index in [0.717, 1.165) is 22.9 Å². The van der Waals surface area contributed by atoms with E-state index in [2.05, 4.69) is 45.1 Å². The summed E-state index contributed by atoms with van der Waals surface area (Å²) in [6.45, 7) is 2.48. The third kappa shape index (κ3) is 4.04. The Morgan fingerprint density at radius 2 is 1.84 bits per heavy atom. The molecule has 0 spiro atoms. The van der Waals surface area contributed by atoms with Gasteiger partial charge in [0.25, 0.3) is 0 Å². The fourth-order valence-corrected chi connectivity index (χ4v) is 2.94. The zero-order valence-corrected chi connectivity index (χ0v) is 13.0. The fraction of sp³-hybridized carbons (Fsp3) is 0.625. The van der Waals surface area contributed by atoms with Gasteiger partial charge in [0.1, 0.15) is 0 Å². The molecular formula is C16H23BrN2. The first kappa shape index (κ1) is 13.6. The predicted octanol–water partition coefficient (Wildman–Crippen LogP) is 3.71. The molecule has 2 N–H and O–H groups in total. The van der Waals surface area contributed by atoms with E-state index >= 15 is 0 Å². The van der Waals surface area contributed by atoms with Crippen molar-refractivity contribution in [1.82, 2.24) is 4.90 Å². The molecule has 2 aliphatic carbocycles. The van der Waals surface area contributed by atoms with Gasteiger partial charge in [-0.3, -0.25) is 0 Å². The van der Waals surface area contributed by atoms with Crippen molar-refractivity contribution in [1.29, 1.82) is 0 Å². The second-order valence-corrected chi connectivity index (χ2v) is 7.03. The lowest BCUT2D eigenvalue weighted by Gasteiger charge is -2.23. The van der Waals surface area contributed by atoms with Crippen LogP contribution in [-0.2, 0) is 0 Å². The summed E-state index contributed by atoms with van der Waals surface area (Å²) in [6.07, 6.45) is 6.77. The molecule has 0 bridgehead atoms. The maximum atomic E-state index is 6.32. The fourth-order valence-electron chi connectivity index (χ4n) is 2.68. The molecule has 2 saturated carbocycles. The van der Waals surface area contributed by atoms with Crippen LogP contribution in [-0.4, -0.2) is 24.0 Å². The first-order valence-corrected chi connectivity index (χ1v) is 8.27. The molecule has 104 valence electrons. The second kappa shape index (κ2) is 5.94. The number of hydrogen-bond acceptors (Lipinski definition) is 2. The van der Waals surface area contributed by atoms with Gasteiger partial charge in [-0.15, -0.1) is 0 Å². The van der Waals surface area contributed by atoms with E-state index in [9.17, 15) is 0 Å². The Kier molecular flexibility index (Phi) is 4.25. The summed E-state index contributed by atoms with van der Waals surface area (Å²) in [5.41, 5.74) is 7.57. The third-order valence-corrected chi connectivity index (χ3v) is 4.81. The molecule has 0 saturated heterocycles. The van der Waals surface area contributed by atoms with Gasteiger partial charge in [0.2, 0.25) is 0 Å². The van der Waals surface area contributed by atoms with Crippen molar-refractivity contribution in [2.75, 3.05) is 13.1 Å². The standard InChI is InChI=1S/C16H23BrN2/c17-14-5-3-13(4-6-14)16(18)9-10-19(15-7-8-15)11-12-1-2-12/h3-6,12,15-16H,1-2,7-11,18H2. The van der Waals surface area contributed by atoms with E-state index in [0.29, 0.717) is 0 Å². The number of benzene rings is 1. The van der Waals surface area contributed by atoms with Crippen molar-refractivity contribution >= 4 is 15.9 Å². The highest BCUT2D eigenvalue weighted by Gasteiger charge is 2.33. The minimum atomic E-state index is 0.175. The highest BCUT2D eigenvalue weighted by atomic mass is 79.9. The normalized spacial score (nSPS) is 20.8. The maximum Gasteiger partial charge on any atom is 0.0307 e. The van der Waals surface area contributed by atoms with Gasteiger partial charge in [-0.1, -0.05) is 28.1 Å². The van der Waals surface area contributed by atoms with Gasteiger partial charge in [-0.2, -0.15) is 0 Å². The largest absolute Gasteiger partial charge is 0.324 e. The van der Waals surface area contributed by atoms with Crippen LogP contribution in [0.15, 0.2) is 28.7 Å². The smallest absolute Gasteiger partial charge is 0.0307 e. The Morgan fingerprint density at radius 1 is 1.16 bits per heavy atom. The van der Waals surface area contributed by atoms with E-state index in [-0.39, 0.29) is 6.04 Å². The zero-order valence-electron chi connectivity index (χ0n) is 11.4. The molecule has 1 aromatic rings. The molecule has 1 atom stereocenters. The Bertz CT molecular complexity index is 409. The van der Waals surface area contributed by atoms with Gasteiger partial charge in [0, 0.05) is 29.6 Å². The molecule has 1 aromatic carbocycles. The van der Waals surface area contributed by atoms with Crippen LogP contribution in [0.1, 0.15) is 43.7 Å². The van der Waals surface area contributed by atoms with Gasteiger partial charge in [-0.05, 0) is 55.7 Å². The lowest BCUT2D eigenvalue weighted by Crippen LogP contribution is -2.31. The monoisotopic (exact) mass is 322 g/mol. The predicted molar refractivity (Wildman–Crippen MR) is 83.0 cm³/mol. The van der Waals surface area contributed by atoms with E-state index in [1.165, 1.54) is 44.3 Å². The van der Waals surface area contributed by atoms with Crippen molar-refractivity contribution in [2.24, 2.45) is 11.7 Å². The van der Waals surface area contributed by atoms with E-state index in [4.69, 9.17) is 5.73 Å². The Balaban J connectivity index is 1.50. The van der Waals surface area contributed by atoms with Crippen LogP contribution in [0.2, 0.25) is 0 Å². The lowest BCUT2D eigenvalue weighted by atomic mass is 10.0.